The Hall–Kier alpha value is -0.430. The molecule has 0 saturated heterocycles. The SMILES string of the molecule is COC1CCCC1NS(=O)(=O)c1ccc(Br)c(C)c1. The first kappa shape index (κ1) is 15.0. The zero-order chi connectivity index (χ0) is 14.0. The van der Waals surface area contributed by atoms with E-state index in [9.17, 15) is 8.42 Å². The fraction of sp³-hybridized carbons (Fsp3) is 0.538. The molecule has 1 aromatic rings. The molecule has 2 unspecified atom stereocenters. The van der Waals surface area contributed by atoms with E-state index in [4.69, 9.17) is 4.74 Å². The standard InChI is InChI=1S/C13H18BrNO3S/c1-9-8-10(6-7-11(9)14)19(16,17)15-12-4-3-5-13(12)18-2/h6-8,12-13,15H,3-5H2,1-2H3. The summed E-state index contributed by atoms with van der Waals surface area (Å²) in [5, 5.41) is 0. The number of ether oxygens (including phenoxy) is 1. The van der Waals surface area contributed by atoms with Crippen LogP contribution in [0.5, 0.6) is 0 Å². The lowest BCUT2D eigenvalue weighted by Crippen LogP contribution is -2.40. The van der Waals surface area contributed by atoms with Gasteiger partial charge in [-0.3, -0.25) is 0 Å². The molecular weight excluding hydrogens is 330 g/mol. The van der Waals surface area contributed by atoms with Crippen LogP contribution in [0.15, 0.2) is 27.6 Å². The lowest BCUT2D eigenvalue weighted by Gasteiger charge is -2.19. The van der Waals surface area contributed by atoms with E-state index >= 15 is 0 Å². The maximum atomic E-state index is 12.3. The Morgan fingerprint density at radius 3 is 2.74 bits per heavy atom. The number of hydrogen-bond donors (Lipinski definition) is 1. The quantitative estimate of drug-likeness (QED) is 0.910. The molecule has 1 N–H and O–H groups in total. The third-order valence-corrected chi connectivity index (χ3v) is 5.88. The van der Waals surface area contributed by atoms with Crippen LogP contribution in [0.4, 0.5) is 0 Å². The minimum Gasteiger partial charge on any atom is -0.380 e. The van der Waals surface area contributed by atoms with Crippen LogP contribution < -0.4 is 4.72 Å². The number of rotatable bonds is 4. The number of benzene rings is 1. The highest BCUT2D eigenvalue weighted by Crippen LogP contribution is 2.25. The van der Waals surface area contributed by atoms with E-state index in [0.29, 0.717) is 4.90 Å². The van der Waals surface area contributed by atoms with Crippen molar-refractivity contribution in [1.29, 1.82) is 0 Å². The van der Waals surface area contributed by atoms with Crippen LogP contribution >= 0.6 is 15.9 Å². The van der Waals surface area contributed by atoms with Gasteiger partial charge in [0.15, 0.2) is 0 Å². The van der Waals surface area contributed by atoms with Gasteiger partial charge in [-0.25, -0.2) is 13.1 Å². The van der Waals surface area contributed by atoms with Gasteiger partial charge in [-0.15, -0.1) is 0 Å². The summed E-state index contributed by atoms with van der Waals surface area (Å²) in [5.74, 6) is 0. The predicted octanol–water partition coefficient (Wildman–Crippen LogP) is 2.60. The van der Waals surface area contributed by atoms with Crippen molar-refractivity contribution in [2.24, 2.45) is 0 Å². The summed E-state index contributed by atoms with van der Waals surface area (Å²) in [7, 11) is -1.85. The normalized spacial score (nSPS) is 23.7. The first-order valence-corrected chi connectivity index (χ1v) is 8.53. The number of aryl methyl sites for hydroxylation is 1. The molecule has 2 rings (SSSR count). The second kappa shape index (κ2) is 5.91. The zero-order valence-electron chi connectivity index (χ0n) is 11.0. The third-order valence-electron chi connectivity index (χ3n) is 3.50. The number of nitrogens with one attached hydrogen (secondary N) is 1. The van der Waals surface area contributed by atoms with Crippen LogP contribution in [0.3, 0.4) is 0 Å². The number of hydrogen-bond acceptors (Lipinski definition) is 3. The van der Waals surface area contributed by atoms with E-state index in [0.717, 1.165) is 29.3 Å². The van der Waals surface area contributed by atoms with Gasteiger partial charge in [0, 0.05) is 17.6 Å². The molecule has 6 heteroatoms. The molecule has 2 atom stereocenters. The topological polar surface area (TPSA) is 55.4 Å². The van der Waals surface area contributed by atoms with E-state index in [2.05, 4.69) is 20.7 Å². The van der Waals surface area contributed by atoms with Gasteiger partial charge in [-0.2, -0.15) is 0 Å². The van der Waals surface area contributed by atoms with Crippen LogP contribution in [0.25, 0.3) is 0 Å². The smallest absolute Gasteiger partial charge is 0.240 e. The molecule has 1 saturated carbocycles. The van der Waals surface area contributed by atoms with Gasteiger partial charge >= 0.3 is 0 Å². The summed E-state index contributed by atoms with van der Waals surface area (Å²) < 4.78 is 33.6. The summed E-state index contributed by atoms with van der Waals surface area (Å²) in [5.41, 5.74) is 0.901. The van der Waals surface area contributed by atoms with E-state index < -0.39 is 10.0 Å². The van der Waals surface area contributed by atoms with E-state index in [1.165, 1.54) is 0 Å². The predicted molar refractivity (Wildman–Crippen MR) is 77.6 cm³/mol. The van der Waals surface area contributed by atoms with E-state index in [1.54, 1.807) is 25.3 Å². The number of halogens is 1. The van der Waals surface area contributed by atoms with E-state index in [-0.39, 0.29) is 12.1 Å². The first-order chi connectivity index (χ1) is 8.94. The van der Waals surface area contributed by atoms with Gasteiger partial charge in [-0.05, 0) is 49.9 Å². The monoisotopic (exact) mass is 347 g/mol. The van der Waals surface area contributed by atoms with Crippen LogP contribution in [0, 0.1) is 6.92 Å². The molecule has 1 aliphatic rings. The number of methoxy groups -OCH3 is 1. The Morgan fingerprint density at radius 1 is 1.37 bits per heavy atom. The lowest BCUT2D eigenvalue weighted by molar-refractivity contribution is 0.0916. The molecular formula is C13H18BrNO3S. The van der Waals surface area contributed by atoms with Crippen molar-refractivity contribution >= 4 is 26.0 Å². The molecule has 1 fully saturated rings. The Bertz CT molecular complexity index is 559. The molecule has 0 amide bonds. The van der Waals surface area contributed by atoms with Crippen LogP contribution in [0.1, 0.15) is 24.8 Å². The summed E-state index contributed by atoms with van der Waals surface area (Å²) in [6.07, 6.45) is 2.70. The minimum atomic E-state index is -3.48. The molecule has 0 heterocycles. The molecule has 4 nitrogen and oxygen atoms in total. The van der Waals surface area contributed by atoms with Crippen molar-refractivity contribution < 1.29 is 13.2 Å². The second-order valence-corrected chi connectivity index (χ2v) is 7.41. The fourth-order valence-corrected chi connectivity index (χ4v) is 4.02. The van der Waals surface area contributed by atoms with E-state index in [1.807, 2.05) is 6.92 Å². The average Bonchev–Trinajstić information content (AvgIpc) is 2.79. The Labute approximate surface area is 122 Å². The van der Waals surface area contributed by atoms with Crippen molar-refractivity contribution in [3.8, 4) is 0 Å². The zero-order valence-corrected chi connectivity index (χ0v) is 13.4. The van der Waals surface area contributed by atoms with Crippen LogP contribution in [-0.4, -0.2) is 27.7 Å². The van der Waals surface area contributed by atoms with Gasteiger partial charge in [0.2, 0.25) is 10.0 Å². The molecule has 0 bridgehead atoms. The molecule has 0 spiro atoms. The number of sulfonamides is 1. The largest absolute Gasteiger partial charge is 0.380 e. The third kappa shape index (κ3) is 3.37. The van der Waals surface area contributed by atoms with Crippen molar-refractivity contribution in [2.75, 3.05) is 7.11 Å². The summed E-state index contributed by atoms with van der Waals surface area (Å²) in [6, 6.07) is 4.91. The summed E-state index contributed by atoms with van der Waals surface area (Å²) >= 11 is 3.37. The van der Waals surface area contributed by atoms with Gasteiger partial charge in [0.1, 0.15) is 0 Å². The molecule has 1 aliphatic carbocycles. The Balaban J connectivity index is 2.20. The van der Waals surface area contributed by atoms with Gasteiger partial charge in [0.05, 0.1) is 11.0 Å². The Kier molecular flexibility index (Phi) is 4.66. The molecule has 106 valence electrons. The molecule has 19 heavy (non-hydrogen) atoms. The highest BCUT2D eigenvalue weighted by molar-refractivity contribution is 9.10. The Morgan fingerprint density at radius 2 is 2.11 bits per heavy atom. The van der Waals surface area contributed by atoms with Gasteiger partial charge in [-0.1, -0.05) is 15.9 Å². The van der Waals surface area contributed by atoms with Crippen LogP contribution in [-0.2, 0) is 14.8 Å². The van der Waals surface area contributed by atoms with Gasteiger partial charge < -0.3 is 4.74 Å². The lowest BCUT2D eigenvalue weighted by atomic mass is 10.2. The van der Waals surface area contributed by atoms with Crippen molar-refractivity contribution in [3.05, 3.63) is 28.2 Å². The maximum absolute atomic E-state index is 12.3. The summed E-state index contributed by atoms with van der Waals surface area (Å²) in [6.45, 7) is 1.87. The highest BCUT2D eigenvalue weighted by Gasteiger charge is 2.31. The maximum Gasteiger partial charge on any atom is 0.240 e. The van der Waals surface area contributed by atoms with Crippen molar-refractivity contribution in [2.45, 2.75) is 43.2 Å². The minimum absolute atomic E-state index is 0.0219. The van der Waals surface area contributed by atoms with Gasteiger partial charge in [0.25, 0.3) is 0 Å². The molecule has 1 aromatic carbocycles. The average molecular weight is 348 g/mol. The molecule has 0 aliphatic heterocycles. The first-order valence-electron chi connectivity index (χ1n) is 6.25. The van der Waals surface area contributed by atoms with Crippen molar-refractivity contribution in [1.82, 2.24) is 4.72 Å². The fourth-order valence-electron chi connectivity index (χ4n) is 2.39. The second-order valence-electron chi connectivity index (χ2n) is 4.84. The molecule has 0 radical (unpaired) electrons. The molecule has 0 aromatic heterocycles. The highest BCUT2D eigenvalue weighted by atomic mass is 79.9. The van der Waals surface area contributed by atoms with Crippen molar-refractivity contribution in [3.63, 3.8) is 0 Å². The summed E-state index contributed by atoms with van der Waals surface area (Å²) in [4.78, 5) is 0.301. The van der Waals surface area contributed by atoms with Crippen LogP contribution in [0.2, 0.25) is 0 Å².